The Morgan fingerprint density at radius 1 is 1.10 bits per heavy atom. The van der Waals surface area contributed by atoms with Gasteiger partial charge in [0.05, 0.1) is 11.7 Å². The van der Waals surface area contributed by atoms with E-state index in [-0.39, 0.29) is 0 Å². The summed E-state index contributed by atoms with van der Waals surface area (Å²) in [5.41, 5.74) is 7.27. The molecule has 2 aromatic rings. The number of nitrogens with zero attached hydrogens (tertiary/aromatic N) is 4. The molecule has 1 aliphatic carbocycles. The van der Waals surface area contributed by atoms with E-state index in [9.17, 15) is 0 Å². The molecule has 3 heterocycles. The number of benzene rings is 1. The van der Waals surface area contributed by atoms with Crippen molar-refractivity contribution in [2.24, 2.45) is 0 Å². The van der Waals surface area contributed by atoms with E-state index in [0.717, 1.165) is 45.7 Å². The third-order valence-corrected chi connectivity index (χ3v) is 7.33. The summed E-state index contributed by atoms with van der Waals surface area (Å²) in [7, 11) is 4.52. The zero-order valence-corrected chi connectivity index (χ0v) is 18.5. The minimum absolute atomic E-state index is 0.450. The maximum absolute atomic E-state index is 4.76. The number of fused-ring (bicyclic) bond motifs is 2. The Morgan fingerprint density at radius 2 is 1.93 bits per heavy atom. The Hall–Kier alpha value is -1.95. The highest BCUT2D eigenvalue weighted by atomic mass is 15.2. The molecule has 0 amide bonds. The van der Waals surface area contributed by atoms with Gasteiger partial charge in [-0.2, -0.15) is 0 Å². The Labute approximate surface area is 181 Å². The van der Waals surface area contributed by atoms with Gasteiger partial charge in [0, 0.05) is 57.2 Å². The molecule has 2 atom stereocenters. The predicted octanol–water partition coefficient (Wildman–Crippen LogP) is 2.86. The summed E-state index contributed by atoms with van der Waals surface area (Å²) >= 11 is 0. The maximum atomic E-state index is 4.76. The standard InChI is InChI=1S/C25H35N5/c1-28-12-14-30(15-13-28)23-9-4-7-20-17-27-21(16-22(20)23)18-29(2)24-10-3-6-19-8-5-11-26-25(19)24/h4-5,7-9,11,21,24,27H,3,6,10,12-18H2,1-2H3/t21-,24-/m0/s1. The van der Waals surface area contributed by atoms with Gasteiger partial charge in [-0.25, -0.2) is 0 Å². The summed E-state index contributed by atoms with van der Waals surface area (Å²) in [5.74, 6) is 0. The molecule has 1 saturated heterocycles. The van der Waals surface area contributed by atoms with Gasteiger partial charge in [-0.05, 0) is 68.6 Å². The van der Waals surface area contributed by atoms with Gasteiger partial charge >= 0.3 is 0 Å². The van der Waals surface area contributed by atoms with Crippen molar-refractivity contribution in [1.29, 1.82) is 0 Å². The Kier molecular flexibility index (Phi) is 5.77. The summed E-state index contributed by atoms with van der Waals surface area (Å²) in [6.07, 6.45) is 6.74. The van der Waals surface area contributed by atoms with Gasteiger partial charge in [0.1, 0.15) is 0 Å². The lowest BCUT2D eigenvalue weighted by Gasteiger charge is -2.39. The molecule has 3 aliphatic rings. The van der Waals surface area contributed by atoms with Crippen LogP contribution in [0.4, 0.5) is 5.69 Å². The minimum Gasteiger partial charge on any atom is -0.369 e. The first kappa shape index (κ1) is 20.0. The van der Waals surface area contributed by atoms with Gasteiger partial charge < -0.3 is 15.1 Å². The van der Waals surface area contributed by atoms with Crippen molar-refractivity contribution in [3.05, 3.63) is 58.9 Å². The predicted molar refractivity (Wildman–Crippen MR) is 123 cm³/mol. The third kappa shape index (κ3) is 3.98. The normalized spacial score (nSPS) is 24.6. The van der Waals surface area contributed by atoms with Crippen molar-refractivity contribution in [1.82, 2.24) is 20.1 Å². The molecule has 0 unspecified atom stereocenters. The number of rotatable bonds is 4. The molecule has 0 saturated carbocycles. The first-order valence-corrected chi connectivity index (χ1v) is 11.6. The molecule has 1 aromatic heterocycles. The molecule has 5 nitrogen and oxygen atoms in total. The van der Waals surface area contributed by atoms with Crippen molar-refractivity contribution in [2.45, 2.75) is 44.3 Å². The summed E-state index contributed by atoms with van der Waals surface area (Å²) in [6, 6.07) is 12.2. The quantitative estimate of drug-likeness (QED) is 0.846. The zero-order valence-electron chi connectivity index (χ0n) is 18.5. The fourth-order valence-corrected chi connectivity index (χ4v) is 5.56. The molecule has 1 aromatic carbocycles. The number of nitrogens with one attached hydrogen (secondary N) is 1. The average Bonchev–Trinajstić information content (AvgIpc) is 2.79. The second kappa shape index (κ2) is 8.66. The third-order valence-electron chi connectivity index (χ3n) is 7.33. The highest BCUT2D eigenvalue weighted by molar-refractivity contribution is 5.58. The number of anilines is 1. The second-order valence-corrected chi connectivity index (χ2v) is 9.38. The van der Waals surface area contributed by atoms with E-state index in [0.29, 0.717) is 12.1 Å². The van der Waals surface area contributed by atoms with Crippen molar-refractivity contribution >= 4 is 5.69 Å². The number of hydrogen-bond acceptors (Lipinski definition) is 5. The van der Waals surface area contributed by atoms with Crippen LogP contribution in [0.3, 0.4) is 0 Å². The van der Waals surface area contributed by atoms with Crippen LogP contribution in [0.25, 0.3) is 0 Å². The fourth-order valence-electron chi connectivity index (χ4n) is 5.56. The van der Waals surface area contributed by atoms with E-state index in [1.54, 1.807) is 5.56 Å². The Morgan fingerprint density at radius 3 is 2.80 bits per heavy atom. The summed E-state index contributed by atoms with van der Waals surface area (Å²) in [5, 5.41) is 3.82. The van der Waals surface area contributed by atoms with E-state index >= 15 is 0 Å². The first-order valence-electron chi connectivity index (χ1n) is 11.6. The monoisotopic (exact) mass is 405 g/mol. The fraction of sp³-hybridized carbons (Fsp3) is 0.560. The highest BCUT2D eigenvalue weighted by Gasteiger charge is 2.29. The number of likely N-dealkylation sites (N-methyl/N-ethyl adjacent to an activating group) is 2. The van der Waals surface area contributed by atoms with Gasteiger partial charge in [-0.15, -0.1) is 0 Å². The van der Waals surface area contributed by atoms with Gasteiger partial charge in [0.25, 0.3) is 0 Å². The van der Waals surface area contributed by atoms with Crippen LogP contribution in [0.5, 0.6) is 0 Å². The molecule has 0 spiro atoms. The molecule has 5 heteroatoms. The largest absolute Gasteiger partial charge is 0.369 e. The molecular weight excluding hydrogens is 370 g/mol. The van der Waals surface area contributed by atoms with Crippen LogP contribution in [0.2, 0.25) is 0 Å². The van der Waals surface area contributed by atoms with E-state index in [4.69, 9.17) is 4.98 Å². The Bertz CT molecular complexity index is 874. The lowest BCUT2D eigenvalue weighted by atomic mass is 9.89. The molecule has 30 heavy (non-hydrogen) atoms. The van der Waals surface area contributed by atoms with Gasteiger partial charge in [-0.1, -0.05) is 18.2 Å². The number of aromatic nitrogens is 1. The first-order chi connectivity index (χ1) is 14.7. The van der Waals surface area contributed by atoms with Crippen LogP contribution in [0.1, 0.15) is 41.3 Å². The molecule has 1 fully saturated rings. The minimum atomic E-state index is 0.450. The van der Waals surface area contributed by atoms with E-state index in [2.05, 4.69) is 64.4 Å². The Balaban J connectivity index is 1.30. The van der Waals surface area contributed by atoms with Crippen LogP contribution < -0.4 is 10.2 Å². The van der Waals surface area contributed by atoms with Gasteiger partial charge in [0.15, 0.2) is 0 Å². The van der Waals surface area contributed by atoms with Crippen molar-refractivity contribution in [3.8, 4) is 0 Å². The number of piperazine rings is 1. The number of pyridine rings is 1. The molecule has 160 valence electrons. The van der Waals surface area contributed by atoms with Crippen LogP contribution in [0.15, 0.2) is 36.5 Å². The van der Waals surface area contributed by atoms with Crippen molar-refractivity contribution in [3.63, 3.8) is 0 Å². The average molecular weight is 406 g/mol. The van der Waals surface area contributed by atoms with E-state index < -0.39 is 0 Å². The summed E-state index contributed by atoms with van der Waals surface area (Å²) in [4.78, 5) is 12.3. The van der Waals surface area contributed by atoms with Gasteiger partial charge in [0.2, 0.25) is 0 Å². The zero-order chi connectivity index (χ0) is 20.5. The summed E-state index contributed by atoms with van der Waals surface area (Å²) in [6.45, 7) is 6.63. The lowest BCUT2D eigenvalue weighted by Crippen LogP contribution is -2.47. The van der Waals surface area contributed by atoms with Crippen LogP contribution >= 0.6 is 0 Å². The van der Waals surface area contributed by atoms with Crippen molar-refractivity contribution < 1.29 is 0 Å². The molecular formula is C25H35N5. The molecule has 0 radical (unpaired) electrons. The number of hydrogen-bond donors (Lipinski definition) is 1. The molecule has 2 aliphatic heterocycles. The topological polar surface area (TPSA) is 34.6 Å². The van der Waals surface area contributed by atoms with Crippen LogP contribution in [0, 0.1) is 0 Å². The SMILES string of the molecule is CN1CCN(c2cccc3c2C[C@@H](CN(C)[C@H]2CCCc4cccnc42)NC3)CC1. The highest BCUT2D eigenvalue weighted by Crippen LogP contribution is 2.33. The number of aryl methyl sites for hydroxylation is 1. The summed E-state index contributed by atoms with van der Waals surface area (Å²) < 4.78 is 0. The second-order valence-electron chi connectivity index (χ2n) is 9.38. The molecule has 1 N–H and O–H groups in total. The van der Waals surface area contributed by atoms with Crippen LogP contribution in [-0.4, -0.2) is 67.6 Å². The molecule has 0 bridgehead atoms. The van der Waals surface area contributed by atoms with Crippen LogP contribution in [-0.2, 0) is 19.4 Å². The smallest absolute Gasteiger partial charge is 0.0607 e. The lowest BCUT2D eigenvalue weighted by molar-refractivity contribution is 0.191. The maximum Gasteiger partial charge on any atom is 0.0607 e. The van der Waals surface area contributed by atoms with Gasteiger partial charge in [-0.3, -0.25) is 9.88 Å². The van der Waals surface area contributed by atoms with E-state index in [1.807, 2.05) is 6.20 Å². The van der Waals surface area contributed by atoms with E-state index in [1.165, 1.54) is 41.8 Å². The molecule has 5 rings (SSSR count). The van der Waals surface area contributed by atoms with Crippen molar-refractivity contribution in [2.75, 3.05) is 51.7 Å².